The molecule has 0 spiro atoms. The van der Waals surface area contributed by atoms with Crippen LogP contribution >= 0.6 is 11.3 Å². The lowest BCUT2D eigenvalue weighted by atomic mass is 9.43. The van der Waals surface area contributed by atoms with Crippen LogP contribution in [0.15, 0.2) is 140 Å². The molecule has 0 radical (unpaired) electrons. The third-order valence-electron chi connectivity index (χ3n) is 17.4. The van der Waals surface area contributed by atoms with Gasteiger partial charge in [-0.1, -0.05) is 181 Å². The Kier molecular flexibility index (Phi) is 8.61. The summed E-state index contributed by atoms with van der Waals surface area (Å²) < 4.78 is 3.89. The van der Waals surface area contributed by atoms with Crippen LogP contribution in [-0.2, 0) is 27.1 Å². The van der Waals surface area contributed by atoms with Crippen LogP contribution in [0.25, 0.3) is 81.7 Å². The van der Waals surface area contributed by atoms with Crippen molar-refractivity contribution in [2.45, 2.75) is 117 Å². The Morgan fingerprint density at radius 3 is 1.89 bits per heavy atom. The molecule has 0 bridgehead atoms. The summed E-state index contributed by atoms with van der Waals surface area (Å²) in [6.07, 6.45) is 0. The number of rotatable bonds is 2. The summed E-state index contributed by atoms with van der Waals surface area (Å²) >= 11 is 1.81. The molecular weight excluding hydrogens is 890 g/mol. The standard InChI is InChI=1S/C67H62BN3S/c1-63(2,3)38-23-27-41(28-24-38)71-53-34-49-44(43-31-39(64(4,5)6)25-29-48(43)66(49,10)11)33-46(53)57-56-42-21-17-18-22-47(42)67(12,13)59(56)58-45-32-40(65(7,8)9)26-30-52(45)70-54-36-55-51(35-50(54)68(71)60(57)61(58)70)69-62(72-55)37-19-15-14-16-20-37/h14-36H,1-13H3. The molecule has 0 saturated carbocycles. The van der Waals surface area contributed by atoms with Crippen molar-refractivity contribution in [3.05, 3.63) is 178 Å². The van der Waals surface area contributed by atoms with Gasteiger partial charge in [0.15, 0.2) is 0 Å². The number of fused-ring (bicyclic) bond motifs is 17. The smallest absolute Gasteiger partial charge is 0.333 e. The molecule has 354 valence electrons. The zero-order chi connectivity index (χ0) is 49.9. The maximum absolute atomic E-state index is 5.49. The molecule has 72 heavy (non-hydrogen) atoms. The zero-order valence-electron chi connectivity index (χ0n) is 44.1. The Morgan fingerprint density at radius 2 is 1.17 bits per heavy atom. The molecular formula is C67H62BN3S. The van der Waals surface area contributed by atoms with Crippen LogP contribution in [-0.4, -0.2) is 16.4 Å². The highest BCUT2D eigenvalue weighted by Gasteiger charge is 2.51. The monoisotopic (exact) mass is 951 g/mol. The summed E-state index contributed by atoms with van der Waals surface area (Å²) in [5.41, 5.74) is 28.6. The van der Waals surface area contributed by atoms with E-state index in [1.807, 2.05) is 0 Å². The third-order valence-corrected chi connectivity index (χ3v) is 18.5. The van der Waals surface area contributed by atoms with E-state index in [-0.39, 0.29) is 33.9 Å². The Morgan fingerprint density at radius 1 is 0.528 bits per heavy atom. The molecule has 0 atom stereocenters. The molecule has 3 nitrogen and oxygen atoms in total. The van der Waals surface area contributed by atoms with Crippen molar-refractivity contribution >= 4 is 72.5 Å². The molecule has 2 aromatic heterocycles. The van der Waals surface area contributed by atoms with Crippen molar-refractivity contribution in [2.24, 2.45) is 0 Å². The number of anilines is 2. The molecule has 2 aliphatic heterocycles. The van der Waals surface area contributed by atoms with Gasteiger partial charge in [-0.2, -0.15) is 0 Å². The van der Waals surface area contributed by atoms with Crippen LogP contribution in [0.3, 0.4) is 0 Å². The van der Waals surface area contributed by atoms with Gasteiger partial charge in [-0.05, 0) is 142 Å². The van der Waals surface area contributed by atoms with E-state index >= 15 is 0 Å². The van der Waals surface area contributed by atoms with Crippen LogP contribution in [0.1, 0.15) is 129 Å². The van der Waals surface area contributed by atoms with E-state index in [0.29, 0.717) is 0 Å². The quantitative estimate of drug-likeness (QED) is 0.161. The topological polar surface area (TPSA) is 21.1 Å². The number of nitrogens with zero attached hydrogens (tertiary/aromatic N) is 3. The van der Waals surface area contributed by atoms with E-state index in [9.17, 15) is 0 Å². The molecule has 0 N–H and O–H groups in total. The largest absolute Gasteiger partial charge is 0.376 e. The predicted octanol–water partition coefficient (Wildman–Crippen LogP) is 16.8. The minimum Gasteiger partial charge on any atom is -0.376 e. The molecule has 0 amide bonds. The molecule has 0 saturated heterocycles. The minimum absolute atomic E-state index is 0.0113. The van der Waals surface area contributed by atoms with E-state index in [1.54, 1.807) is 11.3 Å². The molecule has 5 heteroatoms. The Hall–Kier alpha value is -6.69. The normalized spacial score (nSPS) is 15.7. The number of thiazole rings is 1. The highest BCUT2D eigenvalue weighted by Crippen LogP contribution is 2.61. The van der Waals surface area contributed by atoms with Gasteiger partial charge >= 0.3 is 6.85 Å². The first-order valence-electron chi connectivity index (χ1n) is 26.2. The second-order valence-corrected chi connectivity index (χ2v) is 26.7. The van der Waals surface area contributed by atoms with Crippen molar-refractivity contribution in [2.75, 3.05) is 4.81 Å². The highest BCUT2D eigenvalue weighted by atomic mass is 32.1. The highest BCUT2D eigenvalue weighted by molar-refractivity contribution is 7.21. The van der Waals surface area contributed by atoms with Gasteiger partial charge in [0.1, 0.15) is 5.01 Å². The SMILES string of the molecule is CC(C)(C)c1ccc(N2B3c4cc5nc(-c6ccccc6)sc5cc4-n4c5ccc(C(C)(C)C)cc5c5c6c(c(c3c54)-c3cc4c(cc32)C(C)(C)c2ccc(C(C)(C)C)cc2-4)-c2ccccc2C6(C)C)cc1. The van der Waals surface area contributed by atoms with Crippen LogP contribution in [0, 0.1) is 0 Å². The maximum atomic E-state index is 5.49. The van der Waals surface area contributed by atoms with Crippen molar-refractivity contribution in [3.8, 4) is 49.6 Å². The summed E-state index contributed by atoms with van der Waals surface area (Å²) in [5, 5.41) is 3.78. The predicted molar refractivity (Wildman–Crippen MR) is 310 cm³/mol. The van der Waals surface area contributed by atoms with Crippen molar-refractivity contribution in [1.82, 2.24) is 9.55 Å². The fourth-order valence-electron chi connectivity index (χ4n) is 13.6. The molecule has 8 aromatic carbocycles. The lowest BCUT2D eigenvalue weighted by Crippen LogP contribution is -2.60. The van der Waals surface area contributed by atoms with Gasteiger partial charge in [0.25, 0.3) is 0 Å². The van der Waals surface area contributed by atoms with Gasteiger partial charge in [0.05, 0.1) is 21.3 Å². The average molecular weight is 952 g/mol. The summed E-state index contributed by atoms with van der Waals surface area (Å²) in [7, 11) is 0. The second kappa shape index (κ2) is 14.1. The van der Waals surface area contributed by atoms with Crippen LogP contribution in [0.2, 0.25) is 0 Å². The van der Waals surface area contributed by atoms with E-state index in [1.165, 1.54) is 127 Å². The number of hydrogen-bond acceptors (Lipinski definition) is 3. The van der Waals surface area contributed by atoms with E-state index in [4.69, 9.17) is 4.98 Å². The van der Waals surface area contributed by atoms with Gasteiger partial charge < -0.3 is 9.38 Å². The third kappa shape index (κ3) is 5.78. The summed E-state index contributed by atoms with van der Waals surface area (Å²) in [4.78, 5) is 8.23. The first kappa shape index (κ1) is 44.1. The van der Waals surface area contributed by atoms with Gasteiger partial charge in [0, 0.05) is 49.8 Å². The van der Waals surface area contributed by atoms with Crippen LogP contribution in [0.5, 0.6) is 0 Å². The van der Waals surface area contributed by atoms with Gasteiger partial charge in [0.2, 0.25) is 0 Å². The number of benzene rings is 8. The first-order valence-corrected chi connectivity index (χ1v) is 27.0. The molecule has 10 aromatic rings. The first-order chi connectivity index (χ1) is 34.1. The van der Waals surface area contributed by atoms with Gasteiger partial charge in [-0.25, -0.2) is 4.98 Å². The summed E-state index contributed by atoms with van der Waals surface area (Å²) in [6, 6.07) is 54.6. The Labute approximate surface area is 429 Å². The Bertz CT molecular complexity index is 4030. The molecule has 2 aliphatic carbocycles. The second-order valence-electron chi connectivity index (χ2n) is 25.6. The molecule has 0 fully saturated rings. The van der Waals surface area contributed by atoms with Crippen molar-refractivity contribution < 1.29 is 0 Å². The molecule has 14 rings (SSSR count). The lowest BCUT2D eigenvalue weighted by molar-refractivity contribution is 0.589. The van der Waals surface area contributed by atoms with Gasteiger partial charge in [-0.3, -0.25) is 0 Å². The Balaban J connectivity index is 1.20. The molecule has 4 heterocycles. The van der Waals surface area contributed by atoms with Gasteiger partial charge in [-0.15, -0.1) is 11.3 Å². The molecule has 0 unspecified atom stereocenters. The molecule has 4 aliphatic rings. The van der Waals surface area contributed by atoms with Crippen molar-refractivity contribution in [1.29, 1.82) is 0 Å². The number of hydrogen-bond donors (Lipinski definition) is 0. The minimum atomic E-state index is -0.271. The number of aromatic nitrogens is 2. The van der Waals surface area contributed by atoms with Crippen LogP contribution in [0.4, 0.5) is 11.4 Å². The maximum Gasteiger partial charge on any atom is 0.333 e. The van der Waals surface area contributed by atoms with Crippen LogP contribution < -0.4 is 15.7 Å². The zero-order valence-corrected chi connectivity index (χ0v) is 44.9. The fraction of sp³-hybridized carbons (Fsp3) is 0.269. The lowest BCUT2D eigenvalue weighted by Gasteiger charge is -2.43. The summed E-state index contributed by atoms with van der Waals surface area (Å²) in [6.45, 7) is 30.8. The van der Waals surface area contributed by atoms with E-state index in [0.717, 1.165) is 16.1 Å². The average Bonchev–Trinajstić information content (AvgIpc) is 4.04. The summed E-state index contributed by atoms with van der Waals surface area (Å²) in [5.74, 6) is 0. The van der Waals surface area contributed by atoms with E-state index in [2.05, 4.69) is 239 Å². The fourth-order valence-corrected chi connectivity index (χ4v) is 14.5. The van der Waals surface area contributed by atoms with Crippen molar-refractivity contribution in [3.63, 3.8) is 0 Å². The van der Waals surface area contributed by atoms with E-state index < -0.39 is 0 Å².